The fourth-order valence-corrected chi connectivity index (χ4v) is 3.18. The number of halogens is 1. The first-order valence-corrected chi connectivity index (χ1v) is 8.85. The number of amides is 1. The molecule has 3 aromatic rings. The third-order valence-corrected chi connectivity index (χ3v) is 4.67. The molecule has 25 heavy (non-hydrogen) atoms. The highest BCUT2D eigenvalue weighted by Crippen LogP contribution is 2.23. The standard InChI is InChI=1S/C20H17FN2OS/c21-16-10-4-5-12-18(16)25-14-19(24)23-20(15-8-2-1-3-9-15)17-11-6-7-13-22-17/h1-13,20H,14H2,(H,23,24). The minimum Gasteiger partial charge on any atom is -0.343 e. The second kappa shape index (κ2) is 8.44. The van der Waals surface area contributed by atoms with Crippen LogP contribution >= 0.6 is 11.8 Å². The number of carbonyl (C=O) groups is 1. The van der Waals surface area contributed by atoms with Gasteiger partial charge < -0.3 is 5.32 Å². The van der Waals surface area contributed by atoms with Crippen molar-refractivity contribution in [3.8, 4) is 0 Å². The van der Waals surface area contributed by atoms with E-state index in [1.165, 1.54) is 17.8 Å². The minimum absolute atomic E-state index is 0.136. The van der Waals surface area contributed by atoms with Crippen molar-refractivity contribution in [2.75, 3.05) is 5.75 Å². The summed E-state index contributed by atoms with van der Waals surface area (Å²) >= 11 is 1.18. The molecular weight excluding hydrogens is 335 g/mol. The van der Waals surface area contributed by atoms with Gasteiger partial charge in [-0.05, 0) is 29.8 Å². The lowest BCUT2D eigenvalue weighted by atomic mass is 10.0. The molecule has 1 heterocycles. The van der Waals surface area contributed by atoms with E-state index in [0.717, 1.165) is 11.3 Å². The summed E-state index contributed by atoms with van der Waals surface area (Å²) in [7, 11) is 0. The Bertz CT molecular complexity index is 788. The molecule has 0 fully saturated rings. The van der Waals surface area contributed by atoms with E-state index in [4.69, 9.17) is 0 Å². The molecule has 0 bridgehead atoms. The van der Waals surface area contributed by atoms with Crippen LogP contribution < -0.4 is 5.32 Å². The normalized spacial score (nSPS) is 11.7. The van der Waals surface area contributed by atoms with Gasteiger partial charge in [0.25, 0.3) is 0 Å². The van der Waals surface area contributed by atoms with Crippen LogP contribution in [0.25, 0.3) is 0 Å². The Hall–Kier alpha value is -2.66. The maximum atomic E-state index is 13.7. The van der Waals surface area contributed by atoms with E-state index in [1.807, 2.05) is 48.5 Å². The smallest absolute Gasteiger partial charge is 0.231 e. The summed E-state index contributed by atoms with van der Waals surface area (Å²) in [6, 6.07) is 21.4. The molecule has 3 nitrogen and oxygen atoms in total. The van der Waals surface area contributed by atoms with Crippen LogP contribution in [0.15, 0.2) is 83.9 Å². The molecular formula is C20H17FN2OS. The summed E-state index contributed by atoms with van der Waals surface area (Å²) in [5.41, 5.74) is 1.71. The van der Waals surface area contributed by atoms with E-state index in [0.29, 0.717) is 4.90 Å². The number of rotatable bonds is 6. The number of nitrogens with one attached hydrogen (secondary N) is 1. The van der Waals surface area contributed by atoms with Crippen molar-refractivity contribution >= 4 is 17.7 Å². The fourth-order valence-electron chi connectivity index (χ4n) is 2.43. The molecule has 1 N–H and O–H groups in total. The average molecular weight is 352 g/mol. The maximum Gasteiger partial charge on any atom is 0.231 e. The molecule has 1 amide bonds. The molecule has 0 radical (unpaired) electrons. The van der Waals surface area contributed by atoms with Crippen molar-refractivity contribution in [2.45, 2.75) is 10.9 Å². The van der Waals surface area contributed by atoms with Gasteiger partial charge in [-0.15, -0.1) is 11.8 Å². The Morgan fingerprint density at radius 2 is 1.72 bits per heavy atom. The first kappa shape index (κ1) is 17.2. The molecule has 5 heteroatoms. The SMILES string of the molecule is O=C(CSc1ccccc1F)NC(c1ccccc1)c1ccccn1. The van der Waals surface area contributed by atoms with E-state index in [-0.39, 0.29) is 23.5 Å². The molecule has 2 aromatic carbocycles. The lowest BCUT2D eigenvalue weighted by molar-refractivity contribution is -0.119. The molecule has 0 saturated heterocycles. The average Bonchev–Trinajstić information content (AvgIpc) is 2.67. The van der Waals surface area contributed by atoms with Gasteiger partial charge in [0.15, 0.2) is 0 Å². The molecule has 1 atom stereocenters. The predicted octanol–water partition coefficient (Wildman–Crippen LogP) is 4.22. The van der Waals surface area contributed by atoms with Gasteiger partial charge in [-0.25, -0.2) is 4.39 Å². The number of carbonyl (C=O) groups excluding carboxylic acids is 1. The van der Waals surface area contributed by atoms with Gasteiger partial charge in [0.05, 0.1) is 17.5 Å². The van der Waals surface area contributed by atoms with Crippen LogP contribution in [0.2, 0.25) is 0 Å². The quantitative estimate of drug-likeness (QED) is 0.676. The van der Waals surface area contributed by atoms with Crippen LogP contribution in [0.4, 0.5) is 4.39 Å². The topological polar surface area (TPSA) is 42.0 Å². The van der Waals surface area contributed by atoms with Crippen LogP contribution in [0, 0.1) is 5.82 Å². The second-order valence-corrected chi connectivity index (χ2v) is 6.40. The third kappa shape index (κ3) is 4.67. The monoisotopic (exact) mass is 352 g/mol. The Labute approximate surface area is 150 Å². The zero-order chi connectivity index (χ0) is 17.5. The van der Waals surface area contributed by atoms with E-state index in [9.17, 15) is 9.18 Å². The van der Waals surface area contributed by atoms with Crippen LogP contribution in [0.5, 0.6) is 0 Å². The first-order valence-electron chi connectivity index (χ1n) is 7.86. The van der Waals surface area contributed by atoms with E-state index >= 15 is 0 Å². The molecule has 1 aromatic heterocycles. The summed E-state index contributed by atoms with van der Waals surface area (Å²) in [6.07, 6.45) is 1.70. The summed E-state index contributed by atoms with van der Waals surface area (Å²) < 4.78 is 13.7. The summed E-state index contributed by atoms with van der Waals surface area (Å²) in [6.45, 7) is 0. The highest BCUT2D eigenvalue weighted by Gasteiger charge is 2.18. The van der Waals surface area contributed by atoms with Gasteiger partial charge in [-0.2, -0.15) is 0 Å². The number of hydrogen-bond donors (Lipinski definition) is 1. The van der Waals surface area contributed by atoms with Crippen LogP contribution in [0.3, 0.4) is 0 Å². The Morgan fingerprint density at radius 1 is 1.00 bits per heavy atom. The minimum atomic E-state index is -0.337. The van der Waals surface area contributed by atoms with Crippen molar-refractivity contribution in [1.82, 2.24) is 10.3 Å². The zero-order valence-electron chi connectivity index (χ0n) is 13.4. The van der Waals surface area contributed by atoms with Gasteiger partial charge in [0.1, 0.15) is 5.82 Å². The largest absolute Gasteiger partial charge is 0.343 e. The molecule has 126 valence electrons. The molecule has 0 saturated carbocycles. The second-order valence-electron chi connectivity index (χ2n) is 5.38. The van der Waals surface area contributed by atoms with Gasteiger partial charge in [-0.3, -0.25) is 9.78 Å². The molecule has 0 aliphatic carbocycles. The Morgan fingerprint density at radius 3 is 2.44 bits per heavy atom. The predicted molar refractivity (Wildman–Crippen MR) is 97.8 cm³/mol. The number of hydrogen-bond acceptors (Lipinski definition) is 3. The summed E-state index contributed by atoms with van der Waals surface area (Å²) in [5, 5.41) is 2.99. The highest BCUT2D eigenvalue weighted by molar-refractivity contribution is 8.00. The number of thioether (sulfide) groups is 1. The Balaban J connectivity index is 1.72. The summed E-state index contributed by atoms with van der Waals surface area (Å²) in [4.78, 5) is 17.2. The number of nitrogens with zero attached hydrogens (tertiary/aromatic N) is 1. The lowest BCUT2D eigenvalue weighted by Gasteiger charge is -2.18. The van der Waals surface area contributed by atoms with Gasteiger partial charge in [0, 0.05) is 11.1 Å². The van der Waals surface area contributed by atoms with Crippen LogP contribution in [-0.2, 0) is 4.79 Å². The van der Waals surface area contributed by atoms with Crippen molar-refractivity contribution < 1.29 is 9.18 Å². The van der Waals surface area contributed by atoms with Crippen LogP contribution in [-0.4, -0.2) is 16.6 Å². The van der Waals surface area contributed by atoms with Crippen molar-refractivity contribution in [3.63, 3.8) is 0 Å². The Kier molecular flexibility index (Phi) is 5.80. The molecule has 0 spiro atoms. The fraction of sp³-hybridized carbons (Fsp3) is 0.100. The van der Waals surface area contributed by atoms with Crippen molar-refractivity contribution in [1.29, 1.82) is 0 Å². The molecule has 1 unspecified atom stereocenters. The van der Waals surface area contributed by atoms with Gasteiger partial charge in [0.2, 0.25) is 5.91 Å². The lowest BCUT2D eigenvalue weighted by Crippen LogP contribution is -2.31. The highest BCUT2D eigenvalue weighted by atomic mass is 32.2. The number of pyridine rings is 1. The van der Waals surface area contributed by atoms with Crippen LogP contribution in [0.1, 0.15) is 17.3 Å². The van der Waals surface area contributed by atoms with Crippen molar-refractivity contribution in [2.24, 2.45) is 0 Å². The van der Waals surface area contributed by atoms with E-state index in [1.54, 1.807) is 24.4 Å². The zero-order valence-corrected chi connectivity index (χ0v) is 14.2. The third-order valence-electron chi connectivity index (χ3n) is 3.62. The van der Waals surface area contributed by atoms with Gasteiger partial charge >= 0.3 is 0 Å². The van der Waals surface area contributed by atoms with E-state index < -0.39 is 0 Å². The van der Waals surface area contributed by atoms with Crippen molar-refractivity contribution in [3.05, 3.63) is 96.1 Å². The molecule has 0 aliphatic heterocycles. The number of benzene rings is 2. The number of aromatic nitrogens is 1. The maximum absolute atomic E-state index is 13.7. The molecule has 0 aliphatic rings. The first-order chi connectivity index (χ1) is 12.2. The van der Waals surface area contributed by atoms with Gasteiger partial charge in [-0.1, -0.05) is 48.5 Å². The van der Waals surface area contributed by atoms with E-state index in [2.05, 4.69) is 10.3 Å². The summed E-state index contributed by atoms with van der Waals surface area (Å²) in [5.74, 6) is -0.353. The molecule has 3 rings (SSSR count).